The Bertz CT molecular complexity index is 939. The van der Waals surface area contributed by atoms with Crippen LogP contribution in [0.1, 0.15) is 37.1 Å². The van der Waals surface area contributed by atoms with E-state index in [-0.39, 0.29) is 5.91 Å². The molecule has 138 valence electrons. The van der Waals surface area contributed by atoms with E-state index in [1.54, 1.807) is 10.9 Å². The molecule has 8 heteroatoms. The Morgan fingerprint density at radius 3 is 2.67 bits per heavy atom. The number of anilines is 1. The van der Waals surface area contributed by atoms with Crippen LogP contribution in [0.15, 0.2) is 41.9 Å². The van der Waals surface area contributed by atoms with Crippen molar-refractivity contribution in [2.75, 3.05) is 5.32 Å². The van der Waals surface area contributed by atoms with Crippen LogP contribution in [0.3, 0.4) is 0 Å². The Morgan fingerprint density at radius 2 is 2.04 bits per heavy atom. The summed E-state index contributed by atoms with van der Waals surface area (Å²) in [4.78, 5) is 17.1. The van der Waals surface area contributed by atoms with Gasteiger partial charge in [0.05, 0.1) is 5.69 Å². The van der Waals surface area contributed by atoms with Gasteiger partial charge >= 0.3 is 0 Å². The number of hydrogen-bond donors (Lipinski definition) is 1. The van der Waals surface area contributed by atoms with Crippen LogP contribution in [0, 0.1) is 12.8 Å². The summed E-state index contributed by atoms with van der Waals surface area (Å²) in [6.07, 6.45) is 8.52. The minimum atomic E-state index is -0.122. The molecule has 1 aliphatic carbocycles. The molecule has 0 saturated heterocycles. The molecule has 1 aliphatic rings. The number of benzene rings is 1. The highest BCUT2D eigenvalue weighted by Gasteiger charge is 2.19. The number of tetrazole rings is 1. The first kappa shape index (κ1) is 17.5. The fourth-order valence-electron chi connectivity index (χ4n) is 3.36. The monoisotopic (exact) mass is 380 g/mol. The van der Waals surface area contributed by atoms with E-state index < -0.39 is 0 Å². The summed E-state index contributed by atoms with van der Waals surface area (Å²) in [6, 6.07) is 7.74. The average Bonchev–Trinajstić information content (AvgIpc) is 3.43. The number of nitrogens with zero attached hydrogens (tertiary/aromatic N) is 5. The Hall–Kier alpha value is -2.87. The second-order valence-corrected chi connectivity index (χ2v) is 7.50. The minimum Gasteiger partial charge on any atom is -0.298 e. The molecule has 0 atom stereocenters. The van der Waals surface area contributed by atoms with Gasteiger partial charge in [0.25, 0.3) is 5.91 Å². The van der Waals surface area contributed by atoms with Gasteiger partial charge < -0.3 is 0 Å². The molecule has 1 saturated carbocycles. The number of allylic oxidation sites excluding steroid dienone is 1. The smallest absolute Gasteiger partial charge is 0.257 e. The highest BCUT2D eigenvalue weighted by Crippen LogP contribution is 2.30. The lowest BCUT2D eigenvalue weighted by atomic mass is 9.98. The summed E-state index contributed by atoms with van der Waals surface area (Å²) in [5.41, 5.74) is 2.43. The first-order valence-electron chi connectivity index (χ1n) is 8.99. The Balaban J connectivity index is 1.63. The van der Waals surface area contributed by atoms with E-state index in [9.17, 15) is 4.79 Å². The second-order valence-electron chi connectivity index (χ2n) is 6.60. The van der Waals surface area contributed by atoms with Crippen molar-refractivity contribution in [3.63, 3.8) is 0 Å². The molecule has 3 aromatic rings. The predicted octanol–water partition coefficient (Wildman–Crippen LogP) is 3.64. The lowest BCUT2D eigenvalue weighted by Crippen LogP contribution is -2.14. The van der Waals surface area contributed by atoms with Gasteiger partial charge in [0.15, 0.2) is 11.0 Å². The van der Waals surface area contributed by atoms with Gasteiger partial charge in [-0.15, -0.1) is 16.4 Å². The molecule has 27 heavy (non-hydrogen) atoms. The second kappa shape index (κ2) is 7.79. The van der Waals surface area contributed by atoms with Crippen LogP contribution in [0.4, 0.5) is 5.13 Å². The number of hydrogen-bond acceptors (Lipinski definition) is 6. The van der Waals surface area contributed by atoms with Crippen LogP contribution in [0.5, 0.6) is 0 Å². The van der Waals surface area contributed by atoms with E-state index in [4.69, 9.17) is 0 Å². The number of aryl methyl sites for hydroxylation is 1. The molecule has 2 aromatic heterocycles. The third-order valence-corrected chi connectivity index (χ3v) is 5.44. The number of thiazole rings is 1. The Labute approximate surface area is 161 Å². The van der Waals surface area contributed by atoms with Gasteiger partial charge in [-0.2, -0.15) is 4.68 Å². The van der Waals surface area contributed by atoms with E-state index >= 15 is 0 Å². The van der Waals surface area contributed by atoms with Crippen molar-refractivity contribution in [2.24, 2.45) is 5.92 Å². The maximum absolute atomic E-state index is 12.9. The summed E-state index contributed by atoms with van der Waals surface area (Å²) in [5, 5.41) is 16.9. The summed E-state index contributed by atoms with van der Waals surface area (Å²) >= 11 is 1.41. The molecule has 4 rings (SSSR count). The summed E-state index contributed by atoms with van der Waals surface area (Å²) in [5.74, 6) is 1.04. The molecule has 7 nitrogen and oxygen atoms in total. The van der Waals surface area contributed by atoms with E-state index in [1.807, 2.05) is 36.6 Å². The first-order valence-corrected chi connectivity index (χ1v) is 9.87. The largest absolute Gasteiger partial charge is 0.298 e. The third-order valence-electron chi connectivity index (χ3n) is 4.75. The Kier molecular flexibility index (Phi) is 5.06. The highest BCUT2D eigenvalue weighted by molar-refractivity contribution is 7.13. The van der Waals surface area contributed by atoms with Crippen LogP contribution >= 0.6 is 11.3 Å². The van der Waals surface area contributed by atoms with Gasteiger partial charge in [0.2, 0.25) is 0 Å². The van der Waals surface area contributed by atoms with Gasteiger partial charge in [0, 0.05) is 17.2 Å². The van der Waals surface area contributed by atoms with Gasteiger partial charge in [0.1, 0.15) is 0 Å². The zero-order valence-corrected chi connectivity index (χ0v) is 15.8. The molecule has 0 spiro atoms. The number of carbonyl (C=O) groups is 1. The topological polar surface area (TPSA) is 85.6 Å². The van der Waals surface area contributed by atoms with Crippen molar-refractivity contribution >= 4 is 27.9 Å². The molecule has 0 unspecified atom stereocenters. The first-order chi connectivity index (χ1) is 13.2. The van der Waals surface area contributed by atoms with Crippen molar-refractivity contribution in [3.8, 4) is 5.69 Å². The van der Waals surface area contributed by atoms with E-state index in [2.05, 4.69) is 31.9 Å². The molecular formula is C19H20N6OS. The minimum absolute atomic E-state index is 0.122. The van der Waals surface area contributed by atoms with Crippen LogP contribution < -0.4 is 5.32 Å². The highest BCUT2D eigenvalue weighted by atomic mass is 32.1. The molecule has 0 bridgehead atoms. The third kappa shape index (κ3) is 3.95. The number of nitrogens with one attached hydrogen (secondary N) is 1. The molecule has 0 radical (unpaired) electrons. The van der Waals surface area contributed by atoms with Crippen LogP contribution in [0.2, 0.25) is 0 Å². The lowest BCUT2D eigenvalue weighted by molar-refractivity contribution is -0.111. The molecule has 1 aromatic carbocycles. The van der Waals surface area contributed by atoms with Gasteiger partial charge in [-0.05, 0) is 53.8 Å². The molecular weight excluding hydrogens is 360 g/mol. The van der Waals surface area contributed by atoms with Gasteiger partial charge in [-0.3, -0.25) is 10.1 Å². The number of carbonyl (C=O) groups excluding carboxylic acids is 1. The van der Waals surface area contributed by atoms with Crippen molar-refractivity contribution in [3.05, 3.63) is 53.3 Å². The van der Waals surface area contributed by atoms with Gasteiger partial charge in [-0.25, -0.2) is 4.98 Å². The lowest BCUT2D eigenvalue weighted by Gasteiger charge is -2.12. The van der Waals surface area contributed by atoms with Gasteiger partial charge in [-0.1, -0.05) is 31.1 Å². The SMILES string of the molecule is Cc1nnnn1-c1ccc(/C(=C\C2CCCC2)C(=O)Nc2nccs2)cc1. The molecule has 1 N–H and O–H groups in total. The van der Waals surface area contributed by atoms with Crippen LogP contribution in [-0.4, -0.2) is 31.1 Å². The summed E-state index contributed by atoms with van der Waals surface area (Å²) < 4.78 is 1.67. The number of amides is 1. The predicted molar refractivity (Wildman–Crippen MR) is 105 cm³/mol. The molecule has 0 aliphatic heterocycles. The van der Waals surface area contributed by atoms with Crippen LogP contribution in [0.25, 0.3) is 11.3 Å². The number of rotatable bonds is 5. The maximum Gasteiger partial charge on any atom is 0.257 e. The average molecular weight is 380 g/mol. The molecule has 2 heterocycles. The summed E-state index contributed by atoms with van der Waals surface area (Å²) in [7, 11) is 0. The quantitative estimate of drug-likeness (QED) is 0.683. The van der Waals surface area contributed by atoms with Crippen LogP contribution in [-0.2, 0) is 4.79 Å². The zero-order valence-electron chi connectivity index (χ0n) is 15.0. The fourth-order valence-corrected chi connectivity index (χ4v) is 3.89. The van der Waals surface area contributed by atoms with Crippen molar-refractivity contribution in [2.45, 2.75) is 32.6 Å². The summed E-state index contributed by atoms with van der Waals surface area (Å²) in [6.45, 7) is 1.85. The molecule has 1 fully saturated rings. The normalized spacial score (nSPS) is 15.2. The Morgan fingerprint density at radius 1 is 1.26 bits per heavy atom. The van der Waals surface area contributed by atoms with Crippen molar-refractivity contribution in [1.82, 2.24) is 25.2 Å². The standard InChI is InChI=1S/C19H20N6OS/c1-13-22-23-24-25(13)16-8-6-15(7-9-16)17(12-14-4-2-3-5-14)18(26)21-19-20-10-11-27-19/h6-12,14H,2-5H2,1H3,(H,20,21,26)/b17-12+. The molecule has 1 amide bonds. The van der Waals surface area contributed by atoms with E-state index in [1.165, 1.54) is 24.2 Å². The van der Waals surface area contributed by atoms with Crippen molar-refractivity contribution < 1.29 is 4.79 Å². The maximum atomic E-state index is 12.9. The zero-order chi connectivity index (χ0) is 18.6. The number of aromatic nitrogens is 5. The van der Waals surface area contributed by atoms with Crippen molar-refractivity contribution in [1.29, 1.82) is 0 Å². The van der Waals surface area contributed by atoms with E-state index in [0.29, 0.717) is 22.4 Å². The fraction of sp³-hybridized carbons (Fsp3) is 0.316. The van der Waals surface area contributed by atoms with E-state index in [0.717, 1.165) is 24.1 Å².